The van der Waals surface area contributed by atoms with Gasteiger partial charge in [-0.15, -0.1) is 0 Å². The van der Waals surface area contributed by atoms with Gasteiger partial charge in [0.1, 0.15) is 11.6 Å². The number of nitrogens with zero attached hydrogens (tertiary/aromatic N) is 1. The zero-order valence-corrected chi connectivity index (χ0v) is 13.0. The molecule has 0 aliphatic carbocycles. The van der Waals surface area contributed by atoms with Gasteiger partial charge >= 0.3 is 0 Å². The summed E-state index contributed by atoms with van der Waals surface area (Å²) in [6.07, 6.45) is 0. The van der Waals surface area contributed by atoms with E-state index in [0.717, 1.165) is 17.0 Å². The maximum atomic E-state index is 12.8. The Bertz CT molecular complexity index is 826. The van der Waals surface area contributed by atoms with Crippen molar-refractivity contribution in [2.45, 2.75) is 6.92 Å². The summed E-state index contributed by atoms with van der Waals surface area (Å²) in [5.74, 6) is -0.197. The van der Waals surface area contributed by atoms with Crippen LogP contribution in [-0.4, -0.2) is 22.7 Å². The Morgan fingerprint density at radius 1 is 1.17 bits per heavy atom. The van der Waals surface area contributed by atoms with Crippen LogP contribution in [0.5, 0.6) is 5.75 Å². The van der Waals surface area contributed by atoms with Gasteiger partial charge in [-0.3, -0.25) is 9.89 Å². The third-order valence-corrected chi connectivity index (χ3v) is 3.35. The van der Waals surface area contributed by atoms with Gasteiger partial charge in [-0.1, -0.05) is 12.1 Å². The molecule has 2 aromatic carbocycles. The Labute approximate surface area is 138 Å². The number of nitrogens with one attached hydrogen (secondary N) is 2. The van der Waals surface area contributed by atoms with Crippen LogP contribution >= 0.6 is 0 Å². The summed E-state index contributed by atoms with van der Waals surface area (Å²) >= 11 is 0. The zero-order valence-electron chi connectivity index (χ0n) is 13.0. The summed E-state index contributed by atoms with van der Waals surface area (Å²) in [4.78, 5) is 11.9. The van der Waals surface area contributed by atoms with Crippen molar-refractivity contribution >= 4 is 11.6 Å². The highest BCUT2D eigenvalue weighted by Gasteiger charge is 2.06. The van der Waals surface area contributed by atoms with E-state index in [1.807, 2.05) is 25.1 Å². The summed E-state index contributed by atoms with van der Waals surface area (Å²) in [5.41, 5.74) is 3.46. The molecule has 3 aromatic rings. The number of hydrogen-bond donors (Lipinski definition) is 2. The van der Waals surface area contributed by atoms with Crippen LogP contribution in [0, 0.1) is 12.7 Å². The first-order valence-electron chi connectivity index (χ1n) is 7.41. The minimum Gasteiger partial charge on any atom is -0.484 e. The molecule has 0 saturated heterocycles. The molecule has 0 unspecified atom stereocenters. The lowest BCUT2D eigenvalue weighted by molar-refractivity contribution is -0.118. The third kappa shape index (κ3) is 3.98. The number of aryl methyl sites for hydroxylation is 1. The minimum atomic E-state index is -0.348. The number of halogens is 1. The third-order valence-electron chi connectivity index (χ3n) is 3.35. The van der Waals surface area contributed by atoms with Crippen LogP contribution in [0.4, 0.5) is 10.1 Å². The molecule has 0 radical (unpaired) electrons. The number of aromatic amines is 1. The van der Waals surface area contributed by atoms with Crippen LogP contribution in [0.1, 0.15) is 5.69 Å². The van der Waals surface area contributed by atoms with Gasteiger partial charge in [-0.2, -0.15) is 5.10 Å². The van der Waals surface area contributed by atoms with Crippen molar-refractivity contribution in [3.8, 4) is 17.0 Å². The van der Waals surface area contributed by atoms with Crippen molar-refractivity contribution < 1.29 is 13.9 Å². The first kappa shape index (κ1) is 15.7. The van der Waals surface area contributed by atoms with Gasteiger partial charge in [0.2, 0.25) is 0 Å². The van der Waals surface area contributed by atoms with Gasteiger partial charge in [-0.05, 0) is 49.4 Å². The average molecular weight is 325 g/mol. The summed E-state index contributed by atoms with van der Waals surface area (Å²) in [7, 11) is 0. The molecule has 0 bridgehead atoms. The van der Waals surface area contributed by atoms with Crippen molar-refractivity contribution in [1.82, 2.24) is 10.2 Å². The molecular formula is C18H16FN3O2. The van der Waals surface area contributed by atoms with Crippen molar-refractivity contribution in [2.24, 2.45) is 0 Å². The van der Waals surface area contributed by atoms with Crippen molar-refractivity contribution in [3.05, 3.63) is 66.1 Å². The van der Waals surface area contributed by atoms with E-state index in [1.165, 1.54) is 24.3 Å². The Morgan fingerprint density at radius 3 is 2.50 bits per heavy atom. The highest BCUT2D eigenvalue weighted by atomic mass is 19.1. The van der Waals surface area contributed by atoms with E-state index < -0.39 is 0 Å². The topological polar surface area (TPSA) is 67.0 Å². The maximum absolute atomic E-state index is 12.8. The molecule has 0 saturated carbocycles. The summed E-state index contributed by atoms with van der Waals surface area (Å²) < 4.78 is 18.1. The number of amides is 1. The Hall–Kier alpha value is -3.15. The Morgan fingerprint density at radius 2 is 1.88 bits per heavy atom. The number of carbonyl (C=O) groups excluding carboxylic acids is 1. The summed E-state index contributed by atoms with van der Waals surface area (Å²) in [6, 6.07) is 14.8. The fraction of sp³-hybridized carbons (Fsp3) is 0.111. The van der Waals surface area contributed by atoms with E-state index in [-0.39, 0.29) is 18.3 Å². The second kappa shape index (κ2) is 6.95. The average Bonchev–Trinajstić information content (AvgIpc) is 3.01. The number of H-pyrrole nitrogens is 1. The molecule has 1 heterocycles. The van der Waals surface area contributed by atoms with Gasteiger partial charge in [0.25, 0.3) is 5.91 Å². The molecule has 3 rings (SSSR count). The molecule has 1 aromatic heterocycles. The molecule has 0 aliphatic rings. The number of benzene rings is 2. The fourth-order valence-electron chi connectivity index (χ4n) is 2.17. The van der Waals surface area contributed by atoms with Crippen LogP contribution in [0.3, 0.4) is 0 Å². The zero-order chi connectivity index (χ0) is 16.9. The molecule has 122 valence electrons. The molecule has 5 nitrogen and oxygen atoms in total. The smallest absolute Gasteiger partial charge is 0.262 e. The van der Waals surface area contributed by atoms with Gasteiger partial charge in [-0.25, -0.2) is 4.39 Å². The van der Waals surface area contributed by atoms with E-state index in [9.17, 15) is 9.18 Å². The fourth-order valence-corrected chi connectivity index (χ4v) is 2.17. The second-order valence-electron chi connectivity index (χ2n) is 5.30. The number of aromatic nitrogens is 2. The van der Waals surface area contributed by atoms with Crippen LogP contribution in [0.25, 0.3) is 11.3 Å². The van der Waals surface area contributed by atoms with E-state index in [2.05, 4.69) is 15.5 Å². The molecule has 0 atom stereocenters. The van der Waals surface area contributed by atoms with Gasteiger partial charge < -0.3 is 10.1 Å². The second-order valence-corrected chi connectivity index (χ2v) is 5.30. The molecule has 2 N–H and O–H groups in total. The molecular weight excluding hydrogens is 309 g/mol. The van der Waals surface area contributed by atoms with E-state index in [1.54, 1.807) is 12.1 Å². The largest absolute Gasteiger partial charge is 0.484 e. The number of ether oxygens (including phenoxy) is 1. The number of rotatable bonds is 5. The van der Waals surface area contributed by atoms with Gasteiger partial charge in [0, 0.05) is 16.9 Å². The lowest BCUT2D eigenvalue weighted by atomic mass is 10.1. The molecule has 6 heteroatoms. The van der Waals surface area contributed by atoms with Gasteiger partial charge in [0.15, 0.2) is 6.61 Å². The lowest BCUT2D eigenvalue weighted by Gasteiger charge is -2.08. The standard InChI is InChI=1S/C18H16FN3O2/c1-12-10-17(22-21-12)13-2-6-15(7-3-13)20-18(23)11-24-16-8-4-14(19)5-9-16/h2-10H,11H2,1H3,(H,20,23)(H,21,22). The van der Waals surface area contributed by atoms with E-state index in [4.69, 9.17) is 4.74 Å². The quantitative estimate of drug-likeness (QED) is 0.754. The molecule has 0 aliphatic heterocycles. The summed E-state index contributed by atoms with van der Waals surface area (Å²) in [6.45, 7) is 1.79. The first-order chi connectivity index (χ1) is 11.6. The highest BCUT2D eigenvalue weighted by molar-refractivity contribution is 5.92. The molecule has 24 heavy (non-hydrogen) atoms. The Balaban J connectivity index is 1.55. The normalized spacial score (nSPS) is 10.4. The van der Waals surface area contributed by atoms with E-state index in [0.29, 0.717) is 11.4 Å². The van der Waals surface area contributed by atoms with Crippen molar-refractivity contribution in [3.63, 3.8) is 0 Å². The predicted octanol–water partition coefficient (Wildman–Crippen LogP) is 3.54. The van der Waals surface area contributed by atoms with Crippen LogP contribution in [0.2, 0.25) is 0 Å². The molecule has 0 fully saturated rings. The number of anilines is 1. The van der Waals surface area contributed by atoms with Crippen LogP contribution in [0.15, 0.2) is 54.6 Å². The molecule has 0 spiro atoms. The number of carbonyl (C=O) groups is 1. The van der Waals surface area contributed by atoms with E-state index >= 15 is 0 Å². The SMILES string of the molecule is Cc1cc(-c2ccc(NC(=O)COc3ccc(F)cc3)cc2)n[nH]1. The molecule has 1 amide bonds. The summed E-state index contributed by atoms with van der Waals surface area (Å²) in [5, 5.41) is 9.82. The highest BCUT2D eigenvalue weighted by Crippen LogP contribution is 2.20. The van der Waals surface area contributed by atoms with Crippen LogP contribution in [-0.2, 0) is 4.79 Å². The first-order valence-corrected chi connectivity index (χ1v) is 7.41. The van der Waals surface area contributed by atoms with Crippen molar-refractivity contribution in [1.29, 1.82) is 0 Å². The van der Waals surface area contributed by atoms with Crippen LogP contribution < -0.4 is 10.1 Å². The predicted molar refractivity (Wildman–Crippen MR) is 89.3 cm³/mol. The van der Waals surface area contributed by atoms with Gasteiger partial charge in [0.05, 0.1) is 5.69 Å². The minimum absolute atomic E-state index is 0.147. The number of hydrogen-bond acceptors (Lipinski definition) is 3. The lowest BCUT2D eigenvalue weighted by Crippen LogP contribution is -2.20. The maximum Gasteiger partial charge on any atom is 0.262 e. The monoisotopic (exact) mass is 325 g/mol. The Kier molecular flexibility index (Phi) is 4.56. The van der Waals surface area contributed by atoms with Crippen molar-refractivity contribution in [2.75, 3.05) is 11.9 Å².